The van der Waals surface area contributed by atoms with Gasteiger partial charge in [-0.15, -0.1) is 11.8 Å². The summed E-state index contributed by atoms with van der Waals surface area (Å²) in [5.41, 5.74) is 2.25. The van der Waals surface area contributed by atoms with Crippen molar-refractivity contribution in [1.82, 2.24) is 20.4 Å². The van der Waals surface area contributed by atoms with Gasteiger partial charge in [-0.2, -0.15) is 0 Å². The number of hydrogen-bond donors (Lipinski definition) is 2. The smallest absolute Gasteiger partial charge is 0.327 e. The van der Waals surface area contributed by atoms with Crippen LogP contribution in [0.2, 0.25) is 0 Å². The second-order valence-electron chi connectivity index (χ2n) is 7.12. The average Bonchev–Trinajstić information content (AvgIpc) is 2.68. The van der Waals surface area contributed by atoms with Crippen LogP contribution in [0.1, 0.15) is 17.5 Å². The molecule has 8 heteroatoms. The first-order valence-corrected chi connectivity index (χ1v) is 10.1. The fraction of sp³-hybridized carbons (Fsp3) is 0.526. The second kappa shape index (κ2) is 8.31. The number of urea groups is 1. The van der Waals surface area contributed by atoms with E-state index < -0.39 is 0 Å². The topological polar surface area (TPSA) is 81.8 Å². The van der Waals surface area contributed by atoms with E-state index in [0.717, 1.165) is 18.5 Å². The van der Waals surface area contributed by atoms with Crippen LogP contribution in [0.4, 0.5) is 4.79 Å². The summed E-state index contributed by atoms with van der Waals surface area (Å²) in [7, 11) is 3.22. The molecule has 0 radical (unpaired) electrons. The lowest BCUT2D eigenvalue weighted by Gasteiger charge is -2.47. The van der Waals surface area contributed by atoms with Crippen LogP contribution in [0, 0.1) is 12.8 Å². The van der Waals surface area contributed by atoms with E-state index in [-0.39, 0.29) is 35.2 Å². The highest BCUT2D eigenvalue weighted by molar-refractivity contribution is 8.00. The van der Waals surface area contributed by atoms with Crippen LogP contribution >= 0.6 is 11.8 Å². The number of piperidine rings is 1. The van der Waals surface area contributed by atoms with Crippen molar-refractivity contribution >= 4 is 29.6 Å². The molecule has 0 saturated carbocycles. The van der Waals surface area contributed by atoms with Gasteiger partial charge < -0.3 is 10.2 Å². The molecule has 2 fully saturated rings. The summed E-state index contributed by atoms with van der Waals surface area (Å²) in [5.74, 6) is -0.250. The largest absolute Gasteiger partial charge is 0.351 e. The summed E-state index contributed by atoms with van der Waals surface area (Å²) in [6.07, 6.45) is 0.488. The Bertz CT molecular complexity index is 724. The Hall–Kier alpha value is -2.06. The van der Waals surface area contributed by atoms with Crippen LogP contribution in [0.3, 0.4) is 0 Å². The molecule has 7 nitrogen and oxygen atoms in total. The molecule has 1 aromatic carbocycles. The first-order valence-electron chi connectivity index (χ1n) is 9.10. The van der Waals surface area contributed by atoms with E-state index in [1.54, 1.807) is 11.9 Å². The van der Waals surface area contributed by atoms with Gasteiger partial charge in [0, 0.05) is 25.9 Å². The normalized spacial score (nSPS) is 25.4. The Morgan fingerprint density at radius 1 is 1.26 bits per heavy atom. The third-order valence-corrected chi connectivity index (χ3v) is 6.57. The number of carbonyl (C=O) groups is 3. The van der Waals surface area contributed by atoms with Crippen molar-refractivity contribution in [2.24, 2.45) is 5.92 Å². The quantitative estimate of drug-likeness (QED) is 0.789. The number of nitrogens with one attached hydrogen (secondary N) is 2. The molecule has 0 spiro atoms. The van der Waals surface area contributed by atoms with E-state index in [1.807, 2.05) is 31.2 Å². The molecule has 3 rings (SSSR count). The van der Waals surface area contributed by atoms with Crippen LogP contribution in [0.15, 0.2) is 24.3 Å². The summed E-state index contributed by atoms with van der Waals surface area (Å²) in [5, 5.41) is 6.20. The zero-order valence-corrected chi connectivity index (χ0v) is 16.7. The Balaban J connectivity index is 1.55. The van der Waals surface area contributed by atoms with Crippen molar-refractivity contribution in [3.63, 3.8) is 0 Å². The molecule has 3 unspecified atom stereocenters. The number of aryl methyl sites for hydroxylation is 1. The highest BCUT2D eigenvalue weighted by Crippen LogP contribution is 2.33. The van der Waals surface area contributed by atoms with Crippen molar-refractivity contribution in [2.45, 2.75) is 31.3 Å². The van der Waals surface area contributed by atoms with Crippen molar-refractivity contribution in [2.75, 3.05) is 26.4 Å². The number of imide groups is 1. The van der Waals surface area contributed by atoms with Crippen molar-refractivity contribution in [3.8, 4) is 0 Å². The van der Waals surface area contributed by atoms with Crippen LogP contribution in [-0.4, -0.2) is 65.5 Å². The number of nitrogens with zero attached hydrogens (tertiary/aromatic N) is 2. The van der Waals surface area contributed by atoms with E-state index in [0.29, 0.717) is 12.3 Å². The predicted octanol–water partition coefficient (Wildman–Crippen LogP) is 1.17. The summed E-state index contributed by atoms with van der Waals surface area (Å²) in [4.78, 5) is 39.8. The molecular formula is C19H26N4O3S. The molecular weight excluding hydrogens is 364 g/mol. The fourth-order valence-electron chi connectivity index (χ4n) is 3.56. The Kier molecular flexibility index (Phi) is 6.06. The van der Waals surface area contributed by atoms with Gasteiger partial charge in [0.15, 0.2) is 0 Å². The van der Waals surface area contributed by atoms with Crippen molar-refractivity contribution in [1.29, 1.82) is 0 Å². The second-order valence-corrected chi connectivity index (χ2v) is 8.34. The fourth-order valence-corrected chi connectivity index (χ4v) is 4.78. The van der Waals surface area contributed by atoms with Crippen LogP contribution < -0.4 is 10.6 Å². The summed E-state index contributed by atoms with van der Waals surface area (Å²) < 4.78 is 0. The van der Waals surface area contributed by atoms with E-state index >= 15 is 0 Å². The minimum absolute atomic E-state index is 0.00637. The van der Waals surface area contributed by atoms with Gasteiger partial charge in [-0.05, 0) is 25.5 Å². The molecule has 2 heterocycles. The SMILES string of the molecule is Cc1ccc(CNC(=O)CSC2CCNC3C2C(=O)N(C)C(=O)N3C)cc1. The molecule has 0 aliphatic carbocycles. The maximum atomic E-state index is 12.6. The van der Waals surface area contributed by atoms with Crippen LogP contribution in [0.5, 0.6) is 0 Å². The summed E-state index contributed by atoms with van der Waals surface area (Å²) >= 11 is 1.50. The van der Waals surface area contributed by atoms with Crippen molar-refractivity contribution < 1.29 is 14.4 Å². The molecule has 27 heavy (non-hydrogen) atoms. The average molecular weight is 391 g/mol. The molecule has 0 bridgehead atoms. The molecule has 1 aromatic rings. The molecule has 2 aliphatic heterocycles. The zero-order valence-electron chi connectivity index (χ0n) is 15.9. The minimum atomic E-state index is -0.332. The summed E-state index contributed by atoms with van der Waals surface area (Å²) in [6, 6.07) is 7.76. The van der Waals surface area contributed by atoms with Crippen LogP contribution in [-0.2, 0) is 16.1 Å². The standard InChI is InChI=1S/C19H26N4O3S/c1-12-4-6-13(7-5-12)10-21-15(24)11-27-14-8-9-20-17-16(14)18(25)23(3)19(26)22(17)2/h4-7,14,16-17,20H,8-11H2,1-3H3,(H,21,24). The highest BCUT2D eigenvalue weighted by atomic mass is 32.2. The molecule has 2 aliphatic rings. The lowest BCUT2D eigenvalue weighted by molar-refractivity contribution is -0.138. The molecule has 4 amide bonds. The Morgan fingerprint density at radius 2 is 1.96 bits per heavy atom. The maximum Gasteiger partial charge on any atom is 0.327 e. The molecule has 3 atom stereocenters. The van der Waals surface area contributed by atoms with Gasteiger partial charge in [0.25, 0.3) is 0 Å². The first-order chi connectivity index (χ1) is 12.9. The number of benzene rings is 1. The number of amides is 4. The molecule has 2 N–H and O–H groups in total. The lowest BCUT2D eigenvalue weighted by Crippen LogP contribution is -2.68. The van der Waals surface area contributed by atoms with E-state index in [1.165, 1.54) is 29.3 Å². The van der Waals surface area contributed by atoms with E-state index in [9.17, 15) is 14.4 Å². The summed E-state index contributed by atoms with van der Waals surface area (Å²) in [6.45, 7) is 3.25. The van der Waals surface area contributed by atoms with Gasteiger partial charge in [0.2, 0.25) is 11.8 Å². The van der Waals surface area contributed by atoms with Gasteiger partial charge in [0.1, 0.15) is 0 Å². The monoisotopic (exact) mass is 390 g/mol. The van der Waals surface area contributed by atoms with E-state index in [4.69, 9.17) is 0 Å². The zero-order chi connectivity index (χ0) is 19.6. The Labute approximate surface area is 163 Å². The number of rotatable bonds is 5. The molecule has 0 aromatic heterocycles. The molecule has 146 valence electrons. The number of hydrogen-bond acceptors (Lipinski definition) is 5. The minimum Gasteiger partial charge on any atom is -0.351 e. The van der Waals surface area contributed by atoms with Gasteiger partial charge in [-0.25, -0.2) is 4.79 Å². The first kappa shape index (κ1) is 19.7. The van der Waals surface area contributed by atoms with Crippen molar-refractivity contribution in [3.05, 3.63) is 35.4 Å². The lowest BCUT2D eigenvalue weighted by atomic mass is 9.91. The number of thioether (sulfide) groups is 1. The third kappa shape index (κ3) is 4.27. The van der Waals surface area contributed by atoms with Gasteiger partial charge >= 0.3 is 6.03 Å². The highest BCUT2D eigenvalue weighted by Gasteiger charge is 2.48. The van der Waals surface area contributed by atoms with Crippen LogP contribution in [0.25, 0.3) is 0 Å². The number of fused-ring (bicyclic) bond motifs is 1. The van der Waals surface area contributed by atoms with Gasteiger partial charge in [0.05, 0.1) is 17.8 Å². The third-order valence-electron chi connectivity index (χ3n) is 5.18. The van der Waals surface area contributed by atoms with Gasteiger partial charge in [-0.1, -0.05) is 29.8 Å². The van der Waals surface area contributed by atoms with E-state index in [2.05, 4.69) is 10.6 Å². The maximum absolute atomic E-state index is 12.6. The molecule has 2 saturated heterocycles. The van der Waals surface area contributed by atoms with Gasteiger partial charge in [-0.3, -0.25) is 19.8 Å². The predicted molar refractivity (Wildman–Crippen MR) is 105 cm³/mol. The Morgan fingerprint density at radius 3 is 2.67 bits per heavy atom. The number of carbonyl (C=O) groups excluding carboxylic acids is 3.